The Morgan fingerprint density at radius 2 is 1.78 bits per heavy atom. The predicted molar refractivity (Wildman–Crippen MR) is 115 cm³/mol. The minimum atomic E-state index is -4.40. The van der Waals surface area contributed by atoms with Gasteiger partial charge in [0.25, 0.3) is 5.91 Å². The zero-order valence-electron chi connectivity index (χ0n) is 17.0. The van der Waals surface area contributed by atoms with Gasteiger partial charge in [0.2, 0.25) is 0 Å². The third kappa shape index (κ3) is 3.50. The second-order valence-electron chi connectivity index (χ2n) is 8.07. The molecule has 164 valence electrons. The zero-order chi connectivity index (χ0) is 22.7. The Morgan fingerprint density at radius 3 is 2.44 bits per heavy atom. The molecule has 5 rings (SSSR count). The highest BCUT2D eigenvalue weighted by Gasteiger charge is 2.65. The number of anilines is 1. The summed E-state index contributed by atoms with van der Waals surface area (Å²) in [7, 11) is 0. The van der Waals surface area contributed by atoms with Crippen molar-refractivity contribution in [3.63, 3.8) is 0 Å². The molecule has 0 atom stereocenters. The molecule has 2 aromatic carbocycles. The molecule has 1 spiro atoms. The molecule has 32 heavy (non-hydrogen) atoms. The monoisotopic (exact) mass is 457 g/mol. The van der Waals surface area contributed by atoms with Crippen LogP contribution in [0.3, 0.4) is 0 Å². The van der Waals surface area contributed by atoms with Gasteiger partial charge in [-0.25, -0.2) is 9.69 Å². The number of thioether (sulfide) groups is 1. The fraction of sp³-hybridized carbons (Fsp3) is 0.261. The van der Waals surface area contributed by atoms with Crippen molar-refractivity contribution >= 4 is 40.3 Å². The Hall–Kier alpha value is -3.07. The summed E-state index contributed by atoms with van der Waals surface area (Å²) in [5, 5.41) is 0.926. The molecule has 0 unspecified atom stereocenters. The van der Waals surface area contributed by atoms with E-state index >= 15 is 0 Å². The van der Waals surface area contributed by atoms with Crippen LogP contribution < -0.4 is 4.90 Å². The van der Waals surface area contributed by atoms with Gasteiger partial charge >= 0.3 is 11.5 Å². The lowest BCUT2D eigenvalue weighted by Gasteiger charge is -2.22. The SMILES string of the molecule is Cc1ccc2nccc(CN3C(=O)N(c4ccc(SC(F)(F)F)cc4)C(=O)C34CC4)c2c1. The Balaban J connectivity index is 1.46. The second-order valence-corrected chi connectivity index (χ2v) is 9.21. The van der Waals surface area contributed by atoms with Crippen LogP contribution in [0.25, 0.3) is 10.9 Å². The van der Waals surface area contributed by atoms with Crippen molar-refractivity contribution < 1.29 is 22.8 Å². The molecule has 0 N–H and O–H groups in total. The molecule has 0 radical (unpaired) electrons. The first-order chi connectivity index (χ1) is 15.2. The number of imide groups is 1. The highest BCUT2D eigenvalue weighted by Crippen LogP contribution is 2.50. The number of benzene rings is 2. The number of rotatable bonds is 4. The Morgan fingerprint density at radius 1 is 1.06 bits per heavy atom. The van der Waals surface area contributed by atoms with E-state index in [2.05, 4.69) is 4.98 Å². The van der Waals surface area contributed by atoms with Crippen molar-refractivity contribution in [3.05, 3.63) is 65.9 Å². The standard InChI is InChI=1S/C23H18F3N3O2S/c1-14-2-7-19-18(12-14)15(8-11-27-19)13-28-21(31)29(20(30)22(28)9-10-22)16-3-5-17(6-4-16)32-23(24,25)26/h2-8,11-12H,9-10,13H2,1H3. The van der Waals surface area contributed by atoms with Gasteiger partial charge in [-0.2, -0.15) is 13.2 Å². The summed E-state index contributed by atoms with van der Waals surface area (Å²) in [5.41, 5.74) is -2.24. The number of nitrogens with zero attached hydrogens (tertiary/aromatic N) is 3. The average Bonchev–Trinajstić information content (AvgIpc) is 3.50. The maximum atomic E-state index is 13.3. The predicted octanol–water partition coefficient (Wildman–Crippen LogP) is 5.66. The van der Waals surface area contributed by atoms with E-state index < -0.39 is 17.1 Å². The largest absolute Gasteiger partial charge is 0.446 e. The zero-order valence-corrected chi connectivity index (χ0v) is 17.8. The number of hydrogen-bond acceptors (Lipinski definition) is 4. The number of carbonyl (C=O) groups excluding carboxylic acids is 2. The van der Waals surface area contributed by atoms with E-state index in [0.717, 1.165) is 26.9 Å². The average molecular weight is 457 g/mol. The van der Waals surface area contributed by atoms with Crippen molar-refractivity contribution in [1.29, 1.82) is 0 Å². The van der Waals surface area contributed by atoms with Crippen molar-refractivity contribution in [1.82, 2.24) is 9.88 Å². The first-order valence-electron chi connectivity index (χ1n) is 10.0. The maximum Gasteiger partial charge on any atom is 0.446 e. The summed E-state index contributed by atoms with van der Waals surface area (Å²) in [6, 6.07) is 12.6. The quantitative estimate of drug-likeness (QED) is 0.375. The fourth-order valence-corrected chi connectivity index (χ4v) is 4.72. The van der Waals surface area contributed by atoms with E-state index in [-0.39, 0.29) is 34.8 Å². The first kappa shape index (κ1) is 20.8. The van der Waals surface area contributed by atoms with Crippen LogP contribution in [0.1, 0.15) is 24.0 Å². The molecule has 2 fully saturated rings. The van der Waals surface area contributed by atoms with Gasteiger partial charge in [0.05, 0.1) is 11.2 Å². The van der Waals surface area contributed by atoms with Gasteiger partial charge in [-0.15, -0.1) is 0 Å². The van der Waals surface area contributed by atoms with Crippen LogP contribution in [0.4, 0.5) is 23.7 Å². The molecule has 5 nitrogen and oxygen atoms in total. The molecule has 3 amide bonds. The minimum Gasteiger partial charge on any atom is -0.305 e. The molecule has 1 aromatic heterocycles. The van der Waals surface area contributed by atoms with Crippen molar-refractivity contribution in [2.75, 3.05) is 4.90 Å². The third-order valence-corrected chi connectivity index (χ3v) is 6.65. The van der Waals surface area contributed by atoms with E-state index in [0.29, 0.717) is 12.8 Å². The number of aryl methyl sites for hydroxylation is 1. The number of pyridine rings is 1. The number of alkyl halides is 3. The summed E-state index contributed by atoms with van der Waals surface area (Å²) in [6.07, 6.45) is 2.82. The van der Waals surface area contributed by atoms with E-state index in [1.807, 2.05) is 31.2 Å². The summed E-state index contributed by atoms with van der Waals surface area (Å²) in [5.74, 6) is -0.326. The molecule has 3 aromatic rings. The third-order valence-electron chi connectivity index (χ3n) is 5.91. The molecular weight excluding hydrogens is 439 g/mol. The number of fused-ring (bicyclic) bond motifs is 1. The van der Waals surface area contributed by atoms with E-state index in [9.17, 15) is 22.8 Å². The van der Waals surface area contributed by atoms with Crippen LogP contribution in [-0.2, 0) is 11.3 Å². The number of amides is 3. The molecular formula is C23H18F3N3O2S. The molecule has 2 heterocycles. The van der Waals surface area contributed by atoms with E-state index in [1.54, 1.807) is 11.1 Å². The summed E-state index contributed by atoms with van der Waals surface area (Å²) in [4.78, 5) is 33.6. The van der Waals surface area contributed by atoms with Crippen LogP contribution in [0.5, 0.6) is 0 Å². The summed E-state index contributed by atoms with van der Waals surface area (Å²) >= 11 is -0.234. The normalized spacial score (nSPS) is 17.6. The topological polar surface area (TPSA) is 53.5 Å². The number of hydrogen-bond donors (Lipinski definition) is 0. The molecule has 1 aliphatic heterocycles. The number of halogens is 3. The smallest absolute Gasteiger partial charge is 0.305 e. The lowest BCUT2D eigenvalue weighted by Crippen LogP contribution is -2.36. The molecule has 1 saturated heterocycles. The van der Waals surface area contributed by atoms with Crippen molar-refractivity contribution in [2.45, 2.75) is 42.3 Å². The van der Waals surface area contributed by atoms with E-state index in [1.165, 1.54) is 24.3 Å². The molecule has 2 aliphatic rings. The highest BCUT2D eigenvalue weighted by atomic mass is 32.2. The van der Waals surface area contributed by atoms with Gasteiger partial charge in [0, 0.05) is 23.0 Å². The van der Waals surface area contributed by atoms with Gasteiger partial charge < -0.3 is 4.90 Å². The number of aromatic nitrogens is 1. The minimum absolute atomic E-state index is 0.00281. The molecule has 1 aliphatic carbocycles. The van der Waals surface area contributed by atoms with Crippen molar-refractivity contribution in [2.24, 2.45) is 0 Å². The van der Waals surface area contributed by atoms with Crippen molar-refractivity contribution in [3.8, 4) is 0 Å². The van der Waals surface area contributed by atoms with Crippen LogP contribution in [0, 0.1) is 6.92 Å². The molecule has 0 bridgehead atoms. The molecule has 9 heteroatoms. The molecule has 1 saturated carbocycles. The summed E-state index contributed by atoms with van der Waals surface area (Å²) in [6.45, 7) is 2.23. The van der Waals surface area contributed by atoms with Crippen LogP contribution in [0.15, 0.2) is 59.6 Å². The Labute approximate surface area is 186 Å². The van der Waals surface area contributed by atoms with Gasteiger partial charge in [0.15, 0.2) is 0 Å². The lowest BCUT2D eigenvalue weighted by molar-refractivity contribution is -0.120. The number of urea groups is 1. The van der Waals surface area contributed by atoms with Crippen LogP contribution in [0.2, 0.25) is 0 Å². The van der Waals surface area contributed by atoms with Gasteiger partial charge in [0.1, 0.15) is 5.54 Å². The lowest BCUT2D eigenvalue weighted by atomic mass is 10.1. The summed E-state index contributed by atoms with van der Waals surface area (Å²) < 4.78 is 37.8. The Bertz CT molecular complexity index is 1240. The highest BCUT2D eigenvalue weighted by molar-refractivity contribution is 8.00. The van der Waals surface area contributed by atoms with Gasteiger partial charge in [-0.3, -0.25) is 9.78 Å². The first-order valence-corrected chi connectivity index (χ1v) is 10.9. The van der Waals surface area contributed by atoms with Crippen LogP contribution in [-0.4, -0.2) is 32.9 Å². The van der Waals surface area contributed by atoms with Gasteiger partial charge in [-0.1, -0.05) is 11.6 Å². The maximum absolute atomic E-state index is 13.3. The Kier molecular flexibility index (Phi) is 4.70. The second kappa shape index (κ2) is 7.23. The fourth-order valence-electron chi connectivity index (χ4n) is 4.19. The van der Waals surface area contributed by atoms with Gasteiger partial charge in [-0.05, 0) is 79.6 Å². The van der Waals surface area contributed by atoms with Crippen LogP contribution >= 0.6 is 11.8 Å². The number of carbonyl (C=O) groups is 2. The van der Waals surface area contributed by atoms with E-state index in [4.69, 9.17) is 0 Å².